The van der Waals surface area contributed by atoms with Crippen LogP contribution in [-0.2, 0) is 0 Å². The summed E-state index contributed by atoms with van der Waals surface area (Å²) in [5.74, 6) is 0.886. The maximum atomic E-state index is 3.84. The van der Waals surface area contributed by atoms with Crippen LogP contribution in [0.5, 0.6) is 0 Å². The van der Waals surface area contributed by atoms with E-state index in [2.05, 4.69) is 38.7 Å². The average Bonchev–Trinajstić information content (AvgIpc) is 2.27. The largest absolute Gasteiger partial charge is 0.0988 e. The van der Waals surface area contributed by atoms with Gasteiger partial charge in [-0.05, 0) is 31.3 Å². The average molecular weight is 206 g/mol. The van der Waals surface area contributed by atoms with Crippen LogP contribution < -0.4 is 0 Å². The lowest BCUT2D eigenvalue weighted by molar-refractivity contribution is 0.485. The lowest BCUT2D eigenvalue weighted by atomic mass is 9.99. The van der Waals surface area contributed by atoms with Crippen LogP contribution in [0.2, 0.25) is 0 Å². The summed E-state index contributed by atoms with van der Waals surface area (Å²) in [5, 5.41) is 0. The summed E-state index contributed by atoms with van der Waals surface area (Å²) in [4.78, 5) is 0. The molecular weight excluding hydrogens is 180 g/mol. The predicted molar refractivity (Wildman–Crippen MR) is 71.0 cm³/mol. The normalized spacial score (nSPS) is 14.5. The van der Waals surface area contributed by atoms with Gasteiger partial charge >= 0.3 is 0 Å². The first-order valence-electron chi connectivity index (χ1n) is 6.18. The van der Waals surface area contributed by atoms with Crippen molar-refractivity contribution in [3.63, 3.8) is 0 Å². The molecule has 0 saturated heterocycles. The van der Waals surface area contributed by atoms with Crippen molar-refractivity contribution in [2.24, 2.45) is 5.92 Å². The Bertz CT molecular complexity index is 208. The molecule has 0 N–H and O–H groups in total. The monoisotopic (exact) mass is 206 g/mol. The third kappa shape index (κ3) is 8.23. The predicted octanol–water partition coefficient (Wildman–Crippen LogP) is 5.28. The zero-order chi connectivity index (χ0) is 11.5. The highest BCUT2D eigenvalue weighted by Gasteiger charge is 1.98. The highest BCUT2D eigenvalue weighted by Crippen LogP contribution is 2.15. The van der Waals surface area contributed by atoms with Crippen molar-refractivity contribution in [3.05, 3.63) is 36.5 Å². The summed E-state index contributed by atoms with van der Waals surface area (Å²) >= 11 is 0. The van der Waals surface area contributed by atoms with E-state index in [1.807, 2.05) is 13.0 Å². The molecule has 0 aliphatic carbocycles. The van der Waals surface area contributed by atoms with E-state index in [4.69, 9.17) is 0 Å². The third-order valence-corrected chi connectivity index (χ3v) is 2.87. The molecule has 0 bridgehead atoms. The Balaban J connectivity index is 3.68. The molecule has 0 aromatic heterocycles. The second-order valence-electron chi connectivity index (χ2n) is 4.23. The van der Waals surface area contributed by atoms with Gasteiger partial charge < -0.3 is 0 Å². The van der Waals surface area contributed by atoms with E-state index in [-0.39, 0.29) is 0 Å². The molecule has 0 heterocycles. The molecule has 0 amide bonds. The molecule has 0 aliphatic rings. The van der Waals surface area contributed by atoms with Crippen LogP contribution >= 0.6 is 0 Å². The standard InChI is InChI=1S/C15H26/c1-5-8-12-15(7-3)13-10-9-11-14(4)6-2/h5,7-8,12,14H,3,6,9-11,13H2,1-2,4H3/b8-5-,15-12+. The number of unbranched alkanes of at least 4 members (excludes halogenated alkanes) is 1. The Morgan fingerprint density at radius 1 is 1.33 bits per heavy atom. The lowest BCUT2D eigenvalue weighted by Gasteiger charge is -2.07. The van der Waals surface area contributed by atoms with Crippen molar-refractivity contribution in [1.82, 2.24) is 0 Å². The van der Waals surface area contributed by atoms with E-state index in [1.165, 1.54) is 37.7 Å². The molecule has 0 radical (unpaired) electrons. The molecule has 0 rings (SSSR count). The molecule has 86 valence electrons. The van der Waals surface area contributed by atoms with Crippen LogP contribution in [0.1, 0.15) is 52.9 Å². The molecular formula is C15H26. The fourth-order valence-corrected chi connectivity index (χ4v) is 1.50. The van der Waals surface area contributed by atoms with Gasteiger partial charge in [-0.15, -0.1) is 0 Å². The number of allylic oxidation sites excluding steroid dienone is 5. The van der Waals surface area contributed by atoms with Gasteiger partial charge in [0.2, 0.25) is 0 Å². The van der Waals surface area contributed by atoms with Gasteiger partial charge in [0.15, 0.2) is 0 Å². The molecule has 0 aromatic rings. The van der Waals surface area contributed by atoms with Crippen LogP contribution in [0.25, 0.3) is 0 Å². The van der Waals surface area contributed by atoms with E-state index in [9.17, 15) is 0 Å². The van der Waals surface area contributed by atoms with Gasteiger partial charge in [-0.2, -0.15) is 0 Å². The smallest absolute Gasteiger partial charge is 0.0279 e. The van der Waals surface area contributed by atoms with E-state index in [0.29, 0.717) is 0 Å². The highest BCUT2D eigenvalue weighted by molar-refractivity contribution is 5.21. The van der Waals surface area contributed by atoms with Crippen molar-refractivity contribution >= 4 is 0 Å². The molecule has 0 saturated carbocycles. The fourth-order valence-electron chi connectivity index (χ4n) is 1.50. The number of rotatable bonds is 8. The second-order valence-corrected chi connectivity index (χ2v) is 4.23. The Labute approximate surface area is 95.8 Å². The number of hydrogen-bond acceptors (Lipinski definition) is 0. The van der Waals surface area contributed by atoms with E-state index in [1.54, 1.807) is 0 Å². The van der Waals surface area contributed by atoms with Crippen LogP contribution in [0.4, 0.5) is 0 Å². The second kappa shape index (κ2) is 9.76. The zero-order valence-corrected chi connectivity index (χ0v) is 10.6. The highest BCUT2D eigenvalue weighted by atomic mass is 14.0. The summed E-state index contributed by atoms with van der Waals surface area (Å²) < 4.78 is 0. The third-order valence-electron chi connectivity index (χ3n) is 2.87. The Kier molecular flexibility index (Phi) is 9.26. The Morgan fingerprint density at radius 3 is 2.60 bits per heavy atom. The summed E-state index contributed by atoms with van der Waals surface area (Å²) in [6.45, 7) is 10.5. The summed E-state index contributed by atoms with van der Waals surface area (Å²) in [6, 6.07) is 0. The SMILES string of the molecule is C=C/C(=C\C=C/C)CCCCC(C)CC. The van der Waals surface area contributed by atoms with Gasteiger partial charge in [0, 0.05) is 0 Å². The first-order valence-corrected chi connectivity index (χ1v) is 6.18. The maximum absolute atomic E-state index is 3.84. The molecule has 0 aliphatic heterocycles. The maximum Gasteiger partial charge on any atom is -0.0279 e. The van der Waals surface area contributed by atoms with Crippen molar-refractivity contribution in [3.8, 4) is 0 Å². The van der Waals surface area contributed by atoms with Crippen molar-refractivity contribution in [2.75, 3.05) is 0 Å². The van der Waals surface area contributed by atoms with Crippen molar-refractivity contribution in [1.29, 1.82) is 0 Å². The topological polar surface area (TPSA) is 0 Å². The number of hydrogen-bond donors (Lipinski definition) is 0. The first kappa shape index (κ1) is 14.2. The van der Waals surface area contributed by atoms with Crippen molar-refractivity contribution in [2.45, 2.75) is 52.9 Å². The van der Waals surface area contributed by atoms with Crippen LogP contribution in [0, 0.1) is 5.92 Å². The molecule has 0 spiro atoms. The van der Waals surface area contributed by atoms with Crippen molar-refractivity contribution < 1.29 is 0 Å². The van der Waals surface area contributed by atoms with E-state index >= 15 is 0 Å². The molecule has 0 nitrogen and oxygen atoms in total. The summed E-state index contributed by atoms with van der Waals surface area (Å²) in [7, 11) is 0. The molecule has 15 heavy (non-hydrogen) atoms. The minimum absolute atomic E-state index is 0.886. The molecule has 1 atom stereocenters. The van der Waals surface area contributed by atoms with Gasteiger partial charge in [-0.3, -0.25) is 0 Å². The zero-order valence-electron chi connectivity index (χ0n) is 10.6. The van der Waals surface area contributed by atoms with Crippen LogP contribution in [0.15, 0.2) is 36.5 Å². The van der Waals surface area contributed by atoms with Gasteiger partial charge in [-0.1, -0.05) is 64.0 Å². The Hall–Kier alpha value is -0.780. The molecule has 1 unspecified atom stereocenters. The minimum Gasteiger partial charge on any atom is -0.0988 e. The summed E-state index contributed by atoms with van der Waals surface area (Å²) in [5.41, 5.74) is 1.36. The lowest BCUT2D eigenvalue weighted by Crippen LogP contribution is -1.91. The van der Waals surface area contributed by atoms with Crippen LogP contribution in [0.3, 0.4) is 0 Å². The van der Waals surface area contributed by atoms with Gasteiger partial charge in [0.05, 0.1) is 0 Å². The summed E-state index contributed by atoms with van der Waals surface area (Å²) in [6.07, 6.45) is 14.8. The molecule has 0 aromatic carbocycles. The van der Waals surface area contributed by atoms with Gasteiger partial charge in [-0.25, -0.2) is 0 Å². The van der Waals surface area contributed by atoms with Gasteiger partial charge in [0.25, 0.3) is 0 Å². The van der Waals surface area contributed by atoms with E-state index in [0.717, 1.165) is 5.92 Å². The van der Waals surface area contributed by atoms with Gasteiger partial charge in [0.1, 0.15) is 0 Å². The molecule has 0 heteroatoms. The first-order chi connectivity index (χ1) is 7.24. The minimum atomic E-state index is 0.886. The van der Waals surface area contributed by atoms with Crippen LogP contribution in [-0.4, -0.2) is 0 Å². The molecule has 0 fully saturated rings. The fraction of sp³-hybridized carbons (Fsp3) is 0.600. The quantitative estimate of drug-likeness (QED) is 0.374. The van der Waals surface area contributed by atoms with E-state index < -0.39 is 0 Å². The Morgan fingerprint density at radius 2 is 2.07 bits per heavy atom.